The van der Waals surface area contributed by atoms with E-state index in [9.17, 15) is 4.79 Å². The maximum Gasteiger partial charge on any atom is 0.259 e. The fourth-order valence-corrected chi connectivity index (χ4v) is 5.01. The first kappa shape index (κ1) is 19.2. The molecule has 1 N–H and O–H groups in total. The van der Waals surface area contributed by atoms with E-state index < -0.39 is 0 Å². The van der Waals surface area contributed by atoms with Gasteiger partial charge in [0.2, 0.25) is 0 Å². The van der Waals surface area contributed by atoms with Crippen molar-refractivity contribution in [1.29, 1.82) is 0 Å². The molecule has 3 aromatic rings. The highest BCUT2D eigenvalue weighted by molar-refractivity contribution is 9.10. The predicted octanol–water partition coefficient (Wildman–Crippen LogP) is 6.77. The van der Waals surface area contributed by atoms with Gasteiger partial charge in [0.05, 0.1) is 11.8 Å². The van der Waals surface area contributed by atoms with Crippen LogP contribution in [0.3, 0.4) is 0 Å². The number of benzene rings is 1. The molecule has 0 radical (unpaired) electrons. The summed E-state index contributed by atoms with van der Waals surface area (Å²) < 4.78 is 6.18. The van der Waals surface area contributed by atoms with E-state index in [1.165, 1.54) is 29.7 Å². The number of nitrogens with one attached hydrogen (secondary N) is 1. The van der Waals surface area contributed by atoms with Gasteiger partial charge < -0.3 is 9.73 Å². The third kappa shape index (κ3) is 4.45. The molecular weight excluding hydrogens is 436 g/mol. The highest BCUT2D eigenvalue weighted by Crippen LogP contribution is 2.39. The molecule has 4 nitrogen and oxygen atoms in total. The number of carbonyl (C=O) groups is 1. The zero-order chi connectivity index (χ0) is 19.3. The van der Waals surface area contributed by atoms with E-state index in [4.69, 9.17) is 4.42 Å². The van der Waals surface area contributed by atoms with Crippen LogP contribution in [0.25, 0.3) is 0 Å². The molecule has 0 saturated carbocycles. The Kier molecular flexibility index (Phi) is 6.07. The number of nitrogens with zero attached hydrogens (tertiary/aromatic N) is 1. The van der Waals surface area contributed by atoms with Gasteiger partial charge in [0.1, 0.15) is 10.8 Å². The molecule has 2 aromatic heterocycles. The first-order valence-corrected chi connectivity index (χ1v) is 11.1. The van der Waals surface area contributed by atoms with E-state index in [0.29, 0.717) is 16.0 Å². The summed E-state index contributed by atoms with van der Waals surface area (Å²) >= 11 is 4.94. The number of anilines is 1. The Morgan fingerprint density at radius 1 is 1.07 bits per heavy atom. The van der Waals surface area contributed by atoms with Gasteiger partial charge in [-0.1, -0.05) is 31.0 Å². The topological polar surface area (TPSA) is 54.6 Å². The summed E-state index contributed by atoms with van der Waals surface area (Å²) in [4.78, 5) is 19.1. The van der Waals surface area contributed by atoms with Gasteiger partial charge in [0, 0.05) is 10.6 Å². The molecule has 0 saturated heterocycles. The first-order chi connectivity index (χ1) is 13.7. The van der Waals surface area contributed by atoms with E-state index in [1.807, 2.05) is 42.5 Å². The molecule has 1 amide bonds. The van der Waals surface area contributed by atoms with Crippen LogP contribution in [0.4, 0.5) is 10.7 Å². The zero-order valence-electron chi connectivity index (χ0n) is 15.4. The van der Waals surface area contributed by atoms with Crippen LogP contribution in [-0.2, 0) is 12.8 Å². The van der Waals surface area contributed by atoms with Gasteiger partial charge in [-0.25, -0.2) is 4.99 Å². The van der Waals surface area contributed by atoms with E-state index in [1.54, 1.807) is 17.6 Å². The summed E-state index contributed by atoms with van der Waals surface area (Å²) in [6.07, 6.45) is 8.39. The molecule has 1 aliphatic rings. The SMILES string of the molecule is O=C(Nc1ccccc1)c1c(N=Cc2ccc(Br)o2)sc2c1CCCCCC2. The standard InChI is InChI=1S/C22H21BrN2O2S/c23-19-13-12-16(27-19)14-24-22-20(21(26)25-15-8-4-3-5-9-15)17-10-6-1-2-7-11-18(17)28-22/h3-5,8-9,12-14H,1-2,6-7,10-11H2,(H,25,26). The normalized spacial score (nSPS) is 14.5. The van der Waals surface area contributed by atoms with Crippen LogP contribution in [0.5, 0.6) is 0 Å². The highest BCUT2D eigenvalue weighted by atomic mass is 79.9. The number of furan rings is 1. The fraction of sp³-hybridized carbons (Fsp3) is 0.273. The number of hydrogen-bond acceptors (Lipinski definition) is 4. The van der Waals surface area contributed by atoms with Crippen molar-refractivity contribution in [2.75, 3.05) is 5.32 Å². The average Bonchev–Trinajstić information content (AvgIpc) is 3.24. The lowest BCUT2D eigenvalue weighted by atomic mass is 9.96. The molecule has 0 fully saturated rings. The number of fused-ring (bicyclic) bond motifs is 1. The molecule has 0 aliphatic heterocycles. The number of carbonyl (C=O) groups excluding carboxylic acids is 1. The molecule has 1 aliphatic carbocycles. The lowest BCUT2D eigenvalue weighted by molar-refractivity contribution is 0.102. The van der Waals surface area contributed by atoms with Crippen LogP contribution < -0.4 is 5.32 Å². The second kappa shape index (κ2) is 8.88. The number of amides is 1. The van der Waals surface area contributed by atoms with Crippen molar-refractivity contribution in [1.82, 2.24) is 0 Å². The third-order valence-electron chi connectivity index (χ3n) is 4.81. The number of hydrogen-bond donors (Lipinski definition) is 1. The summed E-state index contributed by atoms with van der Waals surface area (Å²) in [6, 6.07) is 13.3. The summed E-state index contributed by atoms with van der Waals surface area (Å²) in [5.74, 6) is 0.569. The van der Waals surface area contributed by atoms with E-state index in [0.717, 1.165) is 30.0 Å². The van der Waals surface area contributed by atoms with Crippen molar-refractivity contribution < 1.29 is 9.21 Å². The monoisotopic (exact) mass is 456 g/mol. The van der Waals surface area contributed by atoms with Crippen LogP contribution in [0, 0.1) is 0 Å². The number of aryl methyl sites for hydroxylation is 1. The largest absolute Gasteiger partial charge is 0.448 e. The predicted molar refractivity (Wildman–Crippen MR) is 118 cm³/mol. The van der Waals surface area contributed by atoms with Crippen molar-refractivity contribution in [3.63, 3.8) is 0 Å². The molecule has 28 heavy (non-hydrogen) atoms. The Balaban J connectivity index is 1.70. The summed E-state index contributed by atoms with van der Waals surface area (Å²) in [5.41, 5.74) is 2.68. The number of halogens is 1. The summed E-state index contributed by atoms with van der Waals surface area (Å²) in [6.45, 7) is 0. The molecule has 0 bridgehead atoms. The van der Waals surface area contributed by atoms with Crippen LogP contribution in [0.15, 0.2) is 56.5 Å². The number of aliphatic imine (C=N–C) groups is 1. The maximum atomic E-state index is 13.2. The van der Waals surface area contributed by atoms with E-state index in [2.05, 4.69) is 26.2 Å². The molecule has 144 valence electrons. The Morgan fingerprint density at radius 3 is 2.61 bits per heavy atom. The van der Waals surface area contributed by atoms with Gasteiger partial charge in [-0.3, -0.25) is 4.79 Å². The number of rotatable bonds is 4. The lowest BCUT2D eigenvalue weighted by Crippen LogP contribution is -2.14. The van der Waals surface area contributed by atoms with Gasteiger partial charge in [0.15, 0.2) is 4.67 Å². The van der Waals surface area contributed by atoms with Crippen molar-refractivity contribution in [2.45, 2.75) is 38.5 Å². The van der Waals surface area contributed by atoms with Crippen LogP contribution in [0.1, 0.15) is 52.2 Å². The summed E-state index contributed by atoms with van der Waals surface area (Å²) in [5, 5.41) is 3.79. The Bertz CT molecular complexity index is 991. The minimum atomic E-state index is -0.0861. The van der Waals surface area contributed by atoms with Gasteiger partial charge in [-0.2, -0.15) is 0 Å². The lowest BCUT2D eigenvalue weighted by Gasteiger charge is -2.11. The van der Waals surface area contributed by atoms with Crippen molar-refractivity contribution in [3.05, 3.63) is 68.9 Å². The maximum absolute atomic E-state index is 13.2. The highest BCUT2D eigenvalue weighted by Gasteiger charge is 2.24. The molecule has 0 spiro atoms. The Morgan fingerprint density at radius 2 is 1.86 bits per heavy atom. The average molecular weight is 457 g/mol. The zero-order valence-corrected chi connectivity index (χ0v) is 17.8. The molecule has 0 atom stereocenters. The molecule has 0 unspecified atom stereocenters. The van der Waals surface area contributed by atoms with Gasteiger partial charge >= 0.3 is 0 Å². The minimum Gasteiger partial charge on any atom is -0.448 e. The summed E-state index contributed by atoms with van der Waals surface area (Å²) in [7, 11) is 0. The van der Waals surface area contributed by atoms with E-state index in [-0.39, 0.29) is 5.91 Å². The molecule has 4 rings (SSSR count). The van der Waals surface area contributed by atoms with Crippen molar-refractivity contribution >= 4 is 50.1 Å². The molecule has 6 heteroatoms. The molecule has 2 heterocycles. The Labute approximate surface area is 176 Å². The van der Waals surface area contributed by atoms with Crippen LogP contribution >= 0.6 is 27.3 Å². The minimum absolute atomic E-state index is 0.0861. The number of para-hydroxylation sites is 1. The van der Waals surface area contributed by atoms with Gasteiger partial charge in [-0.05, 0) is 71.4 Å². The van der Waals surface area contributed by atoms with Crippen molar-refractivity contribution in [3.8, 4) is 0 Å². The molecular formula is C22H21BrN2O2S. The fourth-order valence-electron chi connectivity index (χ4n) is 3.47. The smallest absolute Gasteiger partial charge is 0.259 e. The second-order valence-electron chi connectivity index (χ2n) is 6.82. The first-order valence-electron chi connectivity index (χ1n) is 9.51. The third-order valence-corrected chi connectivity index (χ3v) is 6.44. The van der Waals surface area contributed by atoms with E-state index >= 15 is 0 Å². The second-order valence-corrected chi connectivity index (χ2v) is 8.68. The molecule has 1 aromatic carbocycles. The van der Waals surface area contributed by atoms with Gasteiger partial charge in [0.25, 0.3) is 5.91 Å². The van der Waals surface area contributed by atoms with Gasteiger partial charge in [-0.15, -0.1) is 11.3 Å². The number of thiophene rings is 1. The Hall–Kier alpha value is -2.18. The quantitative estimate of drug-likeness (QED) is 0.440. The van der Waals surface area contributed by atoms with Crippen LogP contribution in [-0.4, -0.2) is 12.1 Å². The van der Waals surface area contributed by atoms with Crippen LogP contribution in [0.2, 0.25) is 0 Å². The van der Waals surface area contributed by atoms with Crippen molar-refractivity contribution in [2.24, 2.45) is 4.99 Å².